The van der Waals surface area contributed by atoms with Gasteiger partial charge >= 0.3 is 41.9 Å². The van der Waals surface area contributed by atoms with Crippen molar-refractivity contribution in [3.63, 3.8) is 0 Å². The van der Waals surface area contributed by atoms with Crippen LogP contribution < -0.4 is 0 Å². The van der Waals surface area contributed by atoms with Crippen LogP contribution in [0.5, 0.6) is 0 Å². The van der Waals surface area contributed by atoms with Gasteiger partial charge in [0.15, 0.2) is 0 Å². The van der Waals surface area contributed by atoms with Gasteiger partial charge in [0.1, 0.15) is 0 Å². The van der Waals surface area contributed by atoms with Crippen LogP contribution in [0.3, 0.4) is 0 Å². The van der Waals surface area contributed by atoms with E-state index in [0.29, 0.717) is 0 Å². The Kier molecular flexibility index (Phi) is 9.34. The zero-order chi connectivity index (χ0) is 21.6. The van der Waals surface area contributed by atoms with E-state index in [-0.39, 0.29) is 5.43 Å². The first-order valence-electron chi connectivity index (χ1n) is 9.83. The summed E-state index contributed by atoms with van der Waals surface area (Å²) in [5.74, 6) is 0. The fraction of sp³-hybridized carbons (Fsp3) is 0.231. The summed E-state index contributed by atoms with van der Waals surface area (Å²) in [6, 6.07) is 22.9. The van der Waals surface area contributed by atoms with Crippen molar-refractivity contribution in [2.75, 3.05) is 0 Å². The molecule has 0 unspecified atom stereocenters. The van der Waals surface area contributed by atoms with Gasteiger partial charge in [0.05, 0.1) is 0 Å². The first kappa shape index (κ1) is 24.1. The van der Waals surface area contributed by atoms with Crippen LogP contribution in [0.1, 0.15) is 22.3 Å². The van der Waals surface area contributed by atoms with E-state index in [2.05, 4.69) is 89.3 Å². The molecule has 0 bridgehead atoms. The molecule has 0 aromatic heterocycles. The Bertz CT molecular complexity index is 1060. The van der Waals surface area contributed by atoms with Gasteiger partial charge in [0, 0.05) is 0 Å². The van der Waals surface area contributed by atoms with Crippen molar-refractivity contribution in [1.29, 1.82) is 0 Å². The number of hydrogen-bond acceptors (Lipinski definition) is 0. The number of rotatable bonds is 1. The van der Waals surface area contributed by atoms with Crippen LogP contribution in [0.15, 0.2) is 66.7 Å². The van der Waals surface area contributed by atoms with Crippen LogP contribution in [0.4, 0.5) is 0 Å². The summed E-state index contributed by atoms with van der Waals surface area (Å²) >= 11 is 7.71. The van der Waals surface area contributed by atoms with Gasteiger partial charge in [0.25, 0.3) is 0 Å². The molecule has 29 heavy (non-hydrogen) atoms. The van der Waals surface area contributed by atoms with Crippen LogP contribution >= 0.6 is 11.6 Å². The van der Waals surface area contributed by atoms with Gasteiger partial charge in [-0.25, -0.2) is 0 Å². The SMILES string of the molecule is C[Si](C)=[Zr+2].Cc1[cH-]c(C)c(C)c1C.Clc1ccc2c(-c3ccccc3)c[cH-]c2c1. The number of halogens is 1. The molecule has 0 spiro atoms. The molecule has 0 aliphatic carbocycles. The first-order valence-corrected chi connectivity index (χ1v) is 16.4. The van der Waals surface area contributed by atoms with Gasteiger partial charge in [-0.3, -0.25) is 0 Å². The predicted octanol–water partition coefficient (Wildman–Crippen LogP) is 8.30. The minimum absolute atomic E-state index is 0.210. The first-order chi connectivity index (χ1) is 13.7. The maximum absolute atomic E-state index is 5.97. The topological polar surface area (TPSA) is 0 Å². The summed E-state index contributed by atoms with van der Waals surface area (Å²) < 4.78 is 0. The molecule has 0 nitrogen and oxygen atoms in total. The van der Waals surface area contributed by atoms with Crippen molar-refractivity contribution in [3.8, 4) is 11.1 Å². The van der Waals surface area contributed by atoms with Crippen LogP contribution in [0, 0.1) is 27.7 Å². The van der Waals surface area contributed by atoms with Gasteiger partial charge in [-0.05, 0) is 5.02 Å². The molecule has 3 heteroatoms. The van der Waals surface area contributed by atoms with Crippen molar-refractivity contribution in [2.24, 2.45) is 0 Å². The van der Waals surface area contributed by atoms with E-state index in [4.69, 9.17) is 11.6 Å². The smallest absolute Gasteiger partial charge is 0.00101 e. The Morgan fingerprint density at radius 3 is 1.90 bits per heavy atom. The second-order valence-electron chi connectivity index (χ2n) is 7.60. The third-order valence-electron chi connectivity index (χ3n) is 5.00. The summed E-state index contributed by atoms with van der Waals surface area (Å²) in [4.78, 5) is 0. The average molecular weight is 496 g/mol. The number of aryl methyl sites for hydroxylation is 2. The zero-order valence-electron chi connectivity index (χ0n) is 18.2. The van der Waals surface area contributed by atoms with Crippen molar-refractivity contribution in [3.05, 3.63) is 94.0 Å². The fourth-order valence-electron chi connectivity index (χ4n) is 3.18. The average Bonchev–Trinajstić information content (AvgIpc) is 3.19. The third-order valence-corrected chi connectivity index (χ3v) is 5.23. The Labute approximate surface area is 196 Å². The molecule has 0 saturated carbocycles. The van der Waals surface area contributed by atoms with Gasteiger partial charge in [0.2, 0.25) is 0 Å². The van der Waals surface area contributed by atoms with E-state index in [1.54, 1.807) is 23.3 Å². The largest absolute Gasteiger partial charge is 0.196 e. The molecule has 0 amide bonds. The van der Waals surface area contributed by atoms with Gasteiger partial charge in [-0.15, -0.1) is 40.6 Å². The summed E-state index contributed by atoms with van der Waals surface area (Å²) in [7, 11) is 0. The van der Waals surface area contributed by atoms with E-state index < -0.39 is 0 Å². The molecular formula is C26H29ClSiZr. The Balaban J connectivity index is 0.000000195. The van der Waals surface area contributed by atoms with Crippen molar-refractivity contribution < 1.29 is 23.3 Å². The van der Waals surface area contributed by atoms with E-state index in [9.17, 15) is 0 Å². The Hall–Kier alpha value is -1.21. The summed E-state index contributed by atoms with van der Waals surface area (Å²) in [6.45, 7) is 13.3. The summed E-state index contributed by atoms with van der Waals surface area (Å²) in [5.41, 5.74) is 8.48. The molecule has 0 aliphatic rings. The maximum Gasteiger partial charge on any atom is -0.00101 e. The van der Waals surface area contributed by atoms with E-state index in [0.717, 1.165) is 5.02 Å². The summed E-state index contributed by atoms with van der Waals surface area (Å²) in [5, 5.41) is 3.25. The minimum atomic E-state index is 0.210. The molecule has 0 atom stereocenters. The van der Waals surface area contributed by atoms with Crippen LogP contribution in [0.25, 0.3) is 21.9 Å². The van der Waals surface area contributed by atoms with Gasteiger partial charge in [-0.2, -0.15) is 28.3 Å². The van der Waals surface area contributed by atoms with Gasteiger partial charge in [-0.1, -0.05) is 81.3 Å². The van der Waals surface area contributed by atoms with Crippen LogP contribution in [0.2, 0.25) is 18.1 Å². The second kappa shape index (κ2) is 11.3. The van der Waals surface area contributed by atoms with Crippen molar-refractivity contribution in [2.45, 2.75) is 40.8 Å². The number of hydrogen-bond donors (Lipinski definition) is 0. The molecule has 4 rings (SSSR count). The number of benzene rings is 2. The van der Waals surface area contributed by atoms with Crippen LogP contribution in [-0.2, 0) is 23.3 Å². The maximum atomic E-state index is 5.97. The molecule has 148 valence electrons. The third kappa shape index (κ3) is 6.92. The summed E-state index contributed by atoms with van der Waals surface area (Å²) in [6.07, 6.45) is 0. The van der Waals surface area contributed by atoms with Gasteiger partial charge < -0.3 is 0 Å². The van der Waals surface area contributed by atoms with E-state index in [1.165, 1.54) is 44.2 Å². The second-order valence-corrected chi connectivity index (χ2v) is 17.4. The Morgan fingerprint density at radius 1 is 0.862 bits per heavy atom. The molecular weight excluding hydrogens is 467 g/mol. The van der Waals surface area contributed by atoms with Crippen molar-refractivity contribution in [1.82, 2.24) is 0 Å². The molecule has 0 saturated heterocycles. The molecule has 0 N–H and O–H groups in total. The molecule has 0 radical (unpaired) electrons. The standard InChI is InChI=1S/C15H10Cl.C9H13.C2H6Si.Zr/c16-13-7-9-15-12(10-13)6-8-14(15)11-4-2-1-3-5-11;1-6-5-7(2)9(4)8(6)3;1-3-2;/h1-10H;5H,1-4H3;1-2H3;/q2*-1;;+2. The molecule has 0 aliphatic heterocycles. The zero-order valence-corrected chi connectivity index (χ0v) is 22.4. The molecule has 4 aromatic rings. The molecule has 4 aromatic carbocycles. The Morgan fingerprint density at radius 2 is 1.41 bits per heavy atom. The number of fused-ring (bicyclic) bond motifs is 1. The molecule has 0 fully saturated rings. The monoisotopic (exact) mass is 494 g/mol. The minimum Gasteiger partial charge on any atom is -0.196 e. The fourth-order valence-corrected chi connectivity index (χ4v) is 3.36. The quantitative estimate of drug-likeness (QED) is 0.184. The predicted molar refractivity (Wildman–Crippen MR) is 128 cm³/mol. The van der Waals surface area contributed by atoms with Crippen molar-refractivity contribution >= 4 is 27.8 Å². The van der Waals surface area contributed by atoms with E-state index in [1.807, 2.05) is 18.2 Å². The normalized spacial score (nSPS) is 10.1. The molecule has 0 heterocycles. The van der Waals surface area contributed by atoms with Crippen LogP contribution in [-0.4, -0.2) is 5.43 Å². The van der Waals surface area contributed by atoms with E-state index >= 15 is 0 Å².